The topological polar surface area (TPSA) is 67.0 Å². The van der Waals surface area contributed by atoms with Crippen molar-refractivity contribution < 1.29 is 22.7 Å². The lowest BCUT2D eigenvalue weighted by atomic mass is 9.92. The second-order valence-electron chi connectivity index (χ2n) is 5.38. The molecule has 0 aromatic carbocycles. The van der Waals surface area contributed by atoms with Gasteiger partial charge in [0.15, 0.2) is 5.82 Å². The number of aromatic nitrogens is 2. The third-order valence-corrected chi connectivity index (χ3v) is 2.39. The van der Waals surface area contributed by atoms with Crippen molar-refractivity contribution in [2.24, 2.45) is 0 Å². The van der Waals surface area contributed by atoms with Crippen molar-refractivity contribution in [3.8, 4) is 0 Å². The highest BCUT2D eigenvalue weighted by molar-refractivity contribution is 5.89. The SMILES string of the molecule is CC(C)(C)c1cc(NC(=O)CCOCC(F)(F)F)n[nH]1. The maximum atomic E-state index is 11.8. The highest BCUT2D eigenvalue weighted by atomic mass is 19.4. The fourth-order valence-electron chi connectivity index (χ4n) is 1.33. The molecule has 0 unspecified atom stereocenters. The standard InChI is InChI=1S/C12H18F3N3O2/c1-11(2,3)8-6-9(18-17-8)16-10(19)4-5-20-7-12(13,14)15/h6H,4-5,7H2,1-3H3,(H2,16,17,18,19). The number of H-pyrrole nitrogens is 1. The minimum absolute atomic E-state index is 0.133. The maximum absolute atomic E-state index is 11.8. The van der Waals surface area contributed by atoms with Crippen LogP contribution in [-0.4, -0.2) is 35.5 Å². The minimum atomic E-state index is -4.37. The Bertz CT molecular complexity index is 450. The molecule has 0 aliphatic rings. The first-order valence-electron chi connectivity index (χ1n) is 6.08. The Morgan fingerprint density at radius 2 is 2.05 bits per heavy atom. The van der Waals surface area contributed by atoms with Crippen LogP contribution in [0.5, 0.6) is 0 Å². The molecule has 0 aliphatic carbocycles. The fourth-order valence-corrected chi connectivity index (χ4v) is 1.33. The predicted octanol–water partition coefficient (Wildman–Crippen LogP) is 2.61. The van der Waals surface area contributed by atoms with Gasteiger partial charge in [0.25, 0.3) is 0 Å². The van der Waals surface area contributed by atoms with E-state index in [4.69, 9.17) is 0 Å². The third-order valence-electron chi connectivity index (χ3n) is 2.39. The first-order chi connectivity index (χ1) is 9.08. The number of nitrogens with zero attached hydrogens (tertiary/aromatic N) is 1. The van der Waals surface area contributed by atoms with Crippen molar-refractivity contribution >= 4 is 11.7 Å². The van der Waals surface area contributed by atoms with Gasteiger partial charge in [0.2, 0.25) is 5.91 Å². The summed E-state index contributed by atoms with van der Waals surface area (Å²) in [5.41, 5.74) is 0.715. The molecule has 0 bridgehead atoms. The quantitative estimate of drug-likeness (QED) is 0.820. The predicted molar refractivity (Wildman–Crippen MR) is 67.4 cm³/mol. The molecule has 0 fully saturated rings. The Morgan fingerprint density at radius 1 is 1.40 bits per heavy atom. The molecule has 1 aromatic heterocycles. The maximum Gasteiger partial charge on any atom is 0.411 e. The monoisotopic (exact) mass is 293 g/mol. The normalized spacial score (nSPS) is 12.5. The van der Waals surface area contributed by atoms with E-state index < -0.39 is 18.7 Å². The molecular formula is C12H18F3N3O2. The van der Waals surface area contributed by atoms with Gasteiger partial charge in [-0.05, 0) is 0 Å². The van der Waals surface area contributed by atoms with E-state index in [9.17, 15) is 18.0 Å². The number of hydrogen-bond acceptors (Lipinski definition) is 3. The Kier molecular flexibility index (Phi) is 5.15. The van der Waals surface area contributed by atoms with Gasteiger partial charge in [0.05, 0.1) is 13.0 Å². The first-order valence-corrected chi connectivity index (χ1v) is 6.08. The van der Waals surface area contributed by atoms with Crippen molar-refractivity contribution in [1.29, 1.82) is 0 Å². The van der Waals surface area contributed by atoms with Gasteiger partial charge in [0.1, 0.15) is 6.61 Å². The molecule has 1 rings (SSSR count). The van der Waals surface area contributed by atoms with Crippen molar-refractivity contribution in [2.45, 2.75) is 38.8 Å². The van der Waals surface area contributed by atoms with Crippen LogP contribution >= 0.6 is 0 Å². The van der Waals surface area contributed by atoms with E-state index in [0.29, 0.717) is 5.82 Å². The molecule has 5 nitrogen and oxygen atoms in total. The van der Waals surface area contributed by atoms with Crippen molar-refractivity contribution in [1.82, 2.24) is 10.2 Å². The van der Waals surface area contributed by atoms with Gasteiger partial charge < -0.3 is 10.1 Å². The van der Waals surface area contributed by atoms with E-state index in [1.165, 1.54) is 0 Å². The number of alkyl halides is 3. The van der Waals surface area contributed by atoms with Crippen LogP contribution in [-0.2, 0) is 14.9 Å². The van der Waals surface area contributed by atoms with Crippen molar-refractivity contribution in [3.63, 3.8) is 0 Å². The van der Waals surface area contributed by atoms with Crippen molar-refractivity contribution in [2.75, 3.05) is 18.5 Å². The van der Waals surface area contributed by atoms with Crippen LogP contribution < -0.4 is 5.32 Å². The fraction of sp³-hybridized carbons (Fsp3) is 0.667. The number of aromatic amines is 1. The molecule has 1 heterocycles. The zero-order valence-electron chi connectivity index (χ0n) is 11.6. The number of anilines is 1. The molecule has 114 valence electrons. The van der Waals surface area contributed by atoms with E-state index in [1.54, 1.807) is 6.07 Å². The summed E-state index contributed by atoms with van der Waals surface area (Å²) < 4.78 is 39.8. The smallest absolute Gasteiger partial charge is 0.372 e. The number of amides is 1. The molecule has 0 radical (unpaired) electrons. The van der Waals surface area contributed by atoms with Gasteiger partial charge in [-0.15, -0.1) is 0 Å². The molecule has 0 saturated carbocycles. The van der Waals surface area contributed by atoms with Crippen LogP contribution in [0.25, 0.3) is 0 Å². The number of nitrogens with one attached hydrogen (secondary N) is 2. The molecule has 20 heavy (non-hydrogen) atoms. The molecule has 0 aliphatic heterocycles. The Morgan fingerprint density at radius 3 is 2.55 bits per heavy atom. The van der Waals surface area contributed by atoms with Gasteiger partial charge in [0, 0.05) is 17.2 Å². The van der Waals surface area contributed by atoms with Crippen LogP contribution in [0.3, 0.4) is 0 Å². The van der Waals surface area contributed by atoms with Gasteiger partial charge in [-0.1, -0.05) is 20.8 Å². The first kappa shape index (κ1) is 16.5. The van der Waals surface area contributed by atoms with Crippen LogP contribution in [0.4, 0.5) is 19.0 Å². The summed E-state index contributed by atoms with van der Waals surface area (Å²) in [5.74, 6) is -0.102. The van der Waals surface area contributed by atoms with Gasteiger partial charge in [-0.2, -0.15) is 18.3 Å². The molecule has 1 amide bonds. The van der Waals surface area contributed by atoms with Gasteiger partial charge >= 0.3 is 6.18 Å². The van der Waals surface area contributed by atoms with E-state index in [2.05, 4.69) is 20.3 Å². The summed E-state index contributed by atoms with van der Waals surface area (Å²) in [6.45, 7) is 4.31. The summed E-state index contributed by atoms with van der Waals surface area (Å²) in [7, 11) is 0. The average Bonchev–Trinajstić information content (AvgIpc) is 2.71. The largest absolute Gasteiger partial charge is 0.411 e. The zero-order valence-corrected chi connectivity index (χ0v) is 11.6. The summed E-state index contributed by atoms with van der Waals surface area (Å²) in [6.07, 6.45) is -4.53. The summed E-state index contributed by atoms with van der Waals surface area (Å²) in [5, 5.41) is 9.20. The number of carbonyl (C=O) groups is 1. The van der Waals surface area contributed by atoms with Crippen LogP contribution in [0, 0.1) is 0 Å². The number of carbonyl (C=O) groups excluding carboxylic acids is 1. The molecular weight excluding hydrogens is 275 g/mol. The van der Waals surface area contributed by atoms with E-state index in [1.807, 2.05) is 20.8 Å². The second-order valence-corrected chi connectivity index (χ2v) is 5.38. The lowest BCUT2D eigenvalue weighted by Gasteiger charge is -2.14. The molecule has 0 atom stereocenters. The van der Waals surface area contributed by atoms with E-state index in [0.717, 1.165) is 5.69 Å². The number of halogens is 3. The van der Waals surface area contributed by atoms with Crippen LogP contribution in [0.2, 0.25) is 0 Å². The molecule has 0 spiro atoms. The second kappa shape index (κ2) is 6.25. The number of ether oxygens (including phenoxy) is 1. The lowest BCUT2D eigenvalue weighted by Crippen LogP contribution is -2.20. The zero-order chi connectivity index (χ0) is 15.4. The summed E-state index contributed by atoms with van der Waals surface area (Å²) >= 11 is 0. The summed E-state index contributed by atoms with van der Waals surface area (Å²) in [4.78, 5) is 11.5. The third kappa shape index (κ3) is 6.05. The van der Waals surface area contributed by atoms with E-state index in [-0.39, 0.29) is 18.4 Å². The van der Waals surface area contributed by atoms with Crippen LogP contribution in [0.15, 0.2) is 6.07 Å². The Hall–Kier alpha value is -1.57. The average molecular weight is 293 g/mol. The van der Waals surface area contributed by atoms with Crippen LogP contribution in [0.1, 0.15) is 32.9 Å². The van der Waals surface area contributed by atoms with Gasteiger partial charge in [-0.25, -0.2) is 0 Å². The molecule has 0 saturated heterocycles. The van der Waals surface area contributed by atoms with Crippen molar-refractivity contribution in [3.05, 3.63) is 11.8 Å². The minimum Gasteiger partial charge on any atom is -0.372 e. The highest BCUT2D eigenvalue weighted by Gasteiger charge is 2.27. The Labute approximate surface area is 114 Å². The highest BCUT2D eigenvalue weighted by Crippen LogP contribution is 2.21. The Balaban J connectivity index is 2.34. The molecule has 8 heteroatoms. The van der Waals surface area contributed by atoms with E-state index >= 15 is 0 Å². The molecule has 1 aromatic rings. The van der Waals surface area contributed by atoms with Gasteiger partial charge in [-0.3, -0.25) is 9.89 Å². The lowest BCUT2D eigenvalue weighted by molar-refractivity contribution is -0.174. The number of hydrogen-bond donors (Lipinski definition) is 2. The number of rotatable bonds is 5. The summed E-state index contributed by atoms with van der Waals surface area (Å²) in [6, 6.07) is 1.69. The molecule has 2 N–H and O–H groups in total.